The van der Waals surface area contributed by atoms with Crippen LogP contribution in [0.2, 0.25) is 0 Å². The number of piperidine rings is 1. The highest BCUT2D eigenvalue weighted by Gasteiger charge is 2.24. The summed E-state index contributed by atoms with van der Waals surface area (Å²) in [5.74, 6) is 0.646. The third-order valence-corrected chi connectivity index (χ3v) is 5.17. The molecule has 5 nitrogen and oxygen atoms in total. The van der Waals surface area contributed by atoms with Gasteiger partial charge in [-0.1, -0.05) is 18.6 Å². The van der Waals surface area contributed by atoms with Crippen LogP contribution in [0.1, 0.15) is 41.2 Å². The summed E-state index contributed by atoms with van der Waals surface area (Å²) in [6, 6.07) is 11.6. The van der Waals surface area contributed by atoms with Crippen LogP contribution in [0.4, 0.5) is 4.39 Å². The molecule has 2 aromatic rings. The molecule has 1 fully saturated rings. The van der Waals surface area contributed by atoms with Gasteiger partial charge in [0.2, 0.25) is 0 Å². The quantitative estimate of drug-likeness (QED) is 0.786. The first-order valence-corrected chi connectivity index (χ1v) is 9.62. The van der Waals surface area contributed by atoms with Gasteiger partial charge < -0.3 is 14.8 Å². The van der Waals surface area contributed by atoms with Crippen LogP contribution in [0.15, 0.2) is 42.5 Å². The second-order valence-electron chi connectivity index (χ2n) is 6.95. The van der Waals surface area contributed by atoms with Crippen LogP contribution < -0.4 is 14.8 Å². The average molecular weight is 386 g/mol. The largest absolute Gasteiger partial charge is 0.493 e. The summed E-state index contributed by atoms with van der Waals surface area (Å²) in [4.78, 5) is 14.9. The first-order valence-electron chi connectivity index (χ1n) is 9.62. The zero-order valence-electron chi connectivity index (χ0n) is 16.4. The van der Waals surface area contributed by atoms with Crippen molar-refractivity contribution in [2.45, 2.75) is 25.3 Å². The van der Waals surface area contributed by atoms with Crippen molar-refractivity contribution < 1.29 is 18.7 Å². The van der Waals surface area contributed by atoms with E-state index in [2.05, 4.69) is 10.2 Å². The van der Waals surface area contributed by atoms with Gasteiger partial charge in [-0.05, 0) is 61.8 Å². The van der Waals surface area contributed by atoms with Crippen molar-refractivity contribution in [3.8, 4) is 11.5 Å². The number of methoxy groups -OCH3 is 2. The van der Waals surface area contributed by atoms with Crippen LogP contribution in [0, 0.1) is 5.82 Å². The third-order valence-electron chi connectivity index (χ3n) is 5.17. The number of nitrogens with zero attached hydrogens (tertiary/aromatic N) is 1. The van der Waals surface area contributed by atoms with Crippen molar-refractivity contribution in [2.75, 3.05) is 33.9 Å². The number of halogens is 1. The van der Waals surface area contributed by atoms with Gasteiger partial charge in [0.1, 0.15) is 5.82 Å². The SMILES string of the molecule is COc1ccc(C(CNC(=O)c2cccc(F)c2)N2CCCCC2)cc1OC. The van der Waals surface area contributed by atoms with E-state index in [1.807, 2.05) is 18.2 Å². The molecule has 1 saturated heterocycles. The van der Waals surface area contributed by atoms with E-state index >= 15 is 0 Å². The van der Waals surface area contributed by atoms with E-state index in [9.17, 15) is 9.18 Å². The molecule has 1 heterocycles. The van der Waals surface area contributed by atoms with Gasteiger partial charge in [-0.15, -0.1) is 0 Å². The number of carbonyl (C=O) groups is 1. The Kier molecular flexibility index (Phi) is 6.87. The normalized spacial score (nSPS) is 15.7. The summed E-state index contributed by atoms with van der Waals surface area (Å²) in [7, 11) is 3.22. The van der Waals surface area contributed by atoms with Crippen LogP contribution >= 0.6 is 0 Å². The van der Waals surface area contributed by atoms with Gasteiger partial charge in [-0.25, -0.2) is 4.39 Å². The first kappa shape index (κ1) is 20.1. The number of amides is 1. The Bertz CT molecular complexity index is 806. The predicted octanol–water partition coefficient (Wildman–Crippen LogP) is 3.80. The Morgan fingerprint density at radius 2 is 1.82 bits per heavy atom. The third kappa shape index (κ3) is 4.81. The first-order chi connectivity index (χ1) is 13.6. The number of rotatable bonds is 7. The fourth-order valence-corrected chi connectivity index (χ4v) is 3.67. The fraction of sp³-hybridized carbons (Fsp3) is 0.409. The zero-order chi connectivity index (χ0) is 19.9. The highest BCUT2D eigenvalue weighted by atomic mass is 19.1. The molecule has 0 bridgehead atoms. The second-order valence-corrected chi connectivity index (χ2v) is 6.95. The van der Waals surface area contributed by atoms with Gasteiger partial charge in [0.05, 0.1) is 20.3 Å². The molecule has 1 aliphatic heterocycles. The molecule has 0 aromatic heterocycles. The average Bonchev–Trinajstić information content (AvgIpc) is 2.74. The number of hydrogen-bond acceptors (Lipinski definition) is 4. The fourth-order valence-electron chi connectivity index (χ4n) is 3.67. The van der Waals surface area contributed by atoms with Gasteiger partial charge in [0.25, 0.3) is 5.91 Å². The van der Waals surface area contributed by atoms with Crippen molar-refractivity contribution in [2.24, 2.45) is 0 Å². The molecule has 1 N–H and O–H groups in total. The minimum absolute atomic E-state index is 0.0117. The molecule has 2 aromatic carbocycles. The molecule has 0 spiro atoms. The number of carbonyl (C=O) groups excluding carboxylic acids is 1. The molecule has 6 heteroatoms. The zero-order valence-corrected chi connectivity index (χ0v) is 16.4. The topological polar surface area (TPSA) is 50.8 Å². The van der Waals surface area contributed by atoms with E-state index in [-0.39, 0.29) is 11.9 Å². The number of benzene rings is 2. The molecule has 0 radical (unpaired) electrons. The summed E-state index contributed by atoms with van der Waals surface area (Å²) >= 11 is 0. The molecule has 150 valence electrons. The van der Waals surface area contributed by atoms with Gasteiger partial charge in [-0.3, -0.25) is 9.69 Å². The van der Waals surface area contributed by atoms with Crippen LogP contribution in [-0.4, -0.2) is 44.7 Å². The highest BCUT2D eigenvalue weighted by Crippen LogP contribution is 2.32. The van der Waals surface area contributed by atoms with E-state index in [1.165, 1.54) is 18.6 Å². The van der Waals surface area contributed by atoms with Crippen molar-refractivity contribution in [3.63, 3.8) is 0 Å². The van der Waals surface area contributed by atoms with E-state index in [1.54, 1.807) is 26.4 Å². The lowest BCUT2D eigenvalue weighted by molar-refractivity contribution is 0.0924. The minimum Gasteiger partial charge on any atom is -0.493 e. The Balaban J connectivity index is 1.80. The second kappa shape index (κ2) is 9.55. The lowest BCUT2D eigenvalue weighted by atomic mass is 10.0. The number of nitrogens with one attached hydrogen (secondary N) is 1. The molecule has 1 unspecified atom stereocenters. The van der Waals surface area contributed by atoms with Crippen LogP contribution in [0.5, 0.6) is 11.5 Å². The van der Waals surface area contributed by atoms with Gasteiger partial charge in [0, 0.05) is 12.1 Å². The summed E-state index contributed by atoms with van der Waals surface area (Å²) in [5.41, 5.74) is 1.38. The van der Waals surface area contributed by atoms with Crippen molar-refractivity contribution in [1.82, 2.24) is 10.2 Å². The van der Waals surface area contributed by atoms with Crippen molar-refractivity contribution >= 4 is 5.91 Å². The molecule has 1 aliphatic rings. The molecule has 0 aliphatic carbocycles. The van der Waals surface area contributed by atoms with Gasteiger partial charge in [0.15, 0.2) is 11.5 Å². The van der Waals surface area contributed by atoms with Gasteiger partial charge in [-0.2, -0.15) is 0 Å². The standard InChI is InChI=1S/C22H27FN2O3/c1-27-20-10-9-16(14-21(20)28-2)19(25-11-4-3-5-12-25)15-24-22(26)17-7-6-8-18(23)13-17/h6-10,13-14,19H,3-5,11-12,15H2,1-2H3,(H,24,26). The lowest BCUT2D eigenvalue weighted by Gasteiger charge is -2.35. The highest BCUT2D eigenvalue weighted by molar-refractivity contribution is 5.94. The number of hydrogen-bond donors (Lipinski definition) is 1. The Hall–Kier alpha value is -2.60. The van der Waals surface area contributed by atoms with Gasteiger partial charge >= 0.3 is 0 Å². The summed E-state index contributed by atoms with van der Waals surface area (Å²) < 4.78 is 24.2. The minimum atomic E-state index is -0.417. The van der Waals surface area contributed by atoms with E-state index in [4.69, 9.17) is 9.47 Å². The molecule has 1 atom stereocenters. The smallest absolute Gasteiger partial charge is 0.251 e. The van der Waals surface area contributed by atoms with E-state index in [0.717, 1.165) is 31.5 Å². The van der Waals surface area contributed by atoms with E-state index in [0.29, 0.717) is 23.6 Å². The summed E-state index contributed by atoms with van der Waals surface area (Å²) in [6.07, 6.45) is 3.51. The number of ether oxygens (including phenoxy) is 2. The maximum absolute atomic E-state index is 13.4. The maximum atomic E-state index is 13.4. The molecule has 1 amide bonds. The van der Waals surface area contributed by atoms with Crippen molar-refractivity contribution in [1.29, 1.82) is 0 Å². The monoisotopic (exact) mass is 386 g/mol. The van der Waals surface area contributed by atoms with Crippen LogP contribution in [0.25, 0.3) is 0 Å². The predicted molar refractivity (Wildman–Crippen MR) is 106 cm³/mol. The summed E-state index contributed by atoms with van der Waals surface area (Å²) in [6.45, 7) is 2.40. The summed E-state index contributed by atoms with van der Waals surface area (Å²) in [5, 5.41) is 2.97. The molecule has 3 rings (SSSR count). The van der Waals surface area contributed by atoms with Crippen LogP contribution in [0.3, 0.4) is 0 Å². The van der Waals surface area contributed by atoms with E-state index < -0.39 is 5.82 Å². The number of likely N-dealkylation sites (tertiary alicyclic amines) is 1. The van der Waals surface area contributed by atoms with Crippen molar-refractivity contribution in [3.05, 3.63) is 59.4 Å². The Labute approximate surface area is 165 Å². The van der Waals surface area contributed by atoms with Crippen LogP contribution in [-0.2, 0) is 0 Å². The molecule has 0 saturated carbocycles. The molecular formula is C22H27FN2O3. The lowest BCUT2D eigenvalue weighted by Crippen LogP contribution is -2.40. The Morgan fingerprint density at radius 1 is 1.07 bits per heavy atom. The maximum Gasteiger partial charge on any atom is 0.251 e. The molecule has 28 heavy (non-hydrogen) atoms. The Morgan fingerprint density at radius 3 is 2.50 bits per heavy atom. The molecular weight excluding hydrogens is 359 g/mol.